The van der Waals surface area contributed by atoms with Gasteiger partial charge in [-0.2, -0.15) is 0 Å². The van der Waals surface area contributed by atoms with Gasteiger partial charge in [-0.05, 0) is 54.6 Å². The number of carbonyl (C=O) groups is 1. The van der Waals surface area contributed by atoms with E-state index in [1.165, 1.54) is 38.6 Å². The largest absolute Gasteiger partial charge is 0.355 e. The maximum atomic E-state index is 12.6. The van der Waals surface area contributed by atoms with Gasteiger partial charge >= 0.3 is 0 Å². The molecule has 134 valence electrons. The fourth-order valence-corrected chi connectivity index (χ4v) is 4.47. The van der Waals surface area contributed by atoms with Crippen molar-refractivity contribution in [1.29, 1.82) is 0 Å². The summed E-state index contributed by atoms with van der Waals surface area (Å²) >= 11 is 0. The van der Waals surface area contributed by atoms with E-state index in [0.717, 1.165) is 32.5 Å². The van der Waals surface area contributed by atoms with Gasteiger partial charge in [-0.15, -0.1) is 5.10 Å². The molecule has 0 aromatic carbocycles. The van der Waals surface area contributed by atoms with Gasteiger partial charge in [0.2, 0.25) is 5.91 Å². The Labute approximate surface area is 144 Å². The van der Waals surface area contributed by atoms with E-state index in [1.807, 2.05) is 0 Å². The van der Waals surface area contributed by atoms with Crippen molar-refractivity contribution in [3.63, 3.8) is 0 Å². The molecule has 1 aliphatic carbocycles. The smallest absolute Gasteiger partial charge is 0.220 e. The Morgan fingerprint density at radius 2 is 2.12 bits per heavy atom. The number of nitrogens with zero attached hydrogens (tertiary/aromatic N) is 5. The molecule has 0 spiro atoms. The number of rotatable bonds is 7. The van der Waals surface area contributed by atoms with Gasteiger partial charge in [-0.3, -0.25) is 9.69 Å². The lowest BCUT2D eigenvalue weighted by atomic mass is 9.71. The van der Waals surface area contributed by atoms with Crippen LogP contribution in [0.3, 0.4) is 0 Å². The Balaban J connectivity index is 1.55. The summed E-state index contributed by atoms with van der Waals surface area (Å²) in [7, 11) is 0. The zero-order valence-corrected chi connectivity index (χ0v) is 14.8. The molecule has 1 N–H and O–H groups in total. The number of nitrogens with one attached hydrogen (secondary N) is 1. The van der Waals surface area contributed by atoms with Crippen LogP contribution in [0, 0.1) is 5.41 Å². The Kier molecular flexibility index (Phi) is 5.81. The summed E-state index contributed by atoms with van der Waals surface area (Å²) in [6, 6.07) is 0.515. The molecule has 1 saturated carbocycles. The number of hydrogen-bond donors (Lipinski definition) is 1. The van der Waals surface area contributed by atoms with Crippen molar-refractivity contribution >= 4 is 5.91 Å². The van der Waals surface area contributed by atoms with Crippen molar-refractivity contribution in [3.8, 4) is 0 Å². The highest BCUT2D eigenvalue weighted by Crippen LogP contribution is 2.40. The average molecular weight is 334 g/mol. The molecule has 2 aliphatic rings. The zero-order chi connectivity index (χ0) is 16.8. The third kappa shape index (κ3) is 4.32. The van der Waals surface area contributed by atoms with Crippen LogP contribution in [-0.4, -0.2) is 56.7 Å². The van der Waals surface area contributed by atoms with Gasteiger partial charge in [0.05, 0.1) is 6.54 Å². The quantitative estimate of drug-likeness (QED) is 0.820. The summed E-state index contributed by atoms with van der Waals surface area (Å²) in [5.74, 6) is 0.188. The van der Waals surface area contributed by atoms with Crippen molar-refractivity contribution in [3.05, 3.63) is 6.33 Å². The highest BCUT2D eigenvalue weighted by molar-refractivity contribution is 5.76. The van der Waals surface area contributed by atoms with E-state index in [2.05, 4.69) is 32.7 Å². The van der Waals surface area contributed by atoms with Crippen LogP contribution < -0.4 is 5.32 Å². The van der Waals surface area contributed by atoms with E-state index in [0.29, 0.717) is 12.5 Å². The van der Waals surface area contributed by atoms with Crippen molar-refractivity contribution < 1.29 is 4.79 Å². The first kappa shape index (κ1) is 17.3. The minimum absolute atomic E-state index is 0.0117. The predicted molar refractivity (Wildman–Crippen MR) is 91.2 cm³/mol. The van der Waals surface area contributed by atoms with Gasteiger partial charge in [-0.1, -0.05) is 26.2 Å². The lowest BCUT2D eigenvalue weighted by molar-refractivity contribution is -0.124. The molecule has 1 amide bonds. The van der Waals surface area contributed by atoms with Crippen molar-refractivity contribution in [1.82, 2.24) is 30.4 Å². The summed E-state index contributed by atoms with van der Waals surface area (Å²) in [4.78, 5) is 15.1. The van der Waals surface area contributed by atoms with E-state index in [-0.39, 0.29) is 11.3 Å². The van der Waals surface area contributed by atoms with E-state index in [1.54, 1.807) is 11.0 Å². The molecule has 1 saturated heterocycles. The molecule has 2 heterocycles. The monoisotopic (exact) mass is 334 g/mol. The summed E-state index contributed by atoms with van der Waals surface area (Å²) in [5.41, 5.74) is 0.0117. The fraction of sp³-hybridized carbons (Fsp3) is 0.882. The highest BCUT2D eigenvalue weighted by Gasteiger charge is 2.35. The first-order chi connectivity index (χ1) is 11.7. The first-order valence-electron chi connectivity index (χ1n) is 9.42. The molecule has 7 nitrogen and oxygen atoms in total. The number of tetrazole rings is 1. The van der Waals surface area contributed by atoms with Gasteiger partial charge in [0, 0.05) is 19.0 Å². The van der Waals surface area contributed by atoms with Crippen LogP contribution in [0.2, 0.25) is 0 Å². The van der Waals surface area contributed by atoms with Crippen LogP contribution in [0.15, 0.2) is 6.33 Å². The standard InChI is InChI=1S/C17H30N6O/c1-2-22-10-6-7-15(22)12-18-16(24)11-17(8-4-3-5-9-17)13-23-14-19-20-21-23/h14-15H,2-13H2,1H3,(H,18,24)/t15-/m1/s1. The number of amides is 1. The van der Waals surface area contributed by atoms with Gasteiger partial charge in [-0.25, -0.2) is 4.68 Å². The van der Waals surface area contributed by atoms with Crippen LogP contribution in [0.5, 0.6) is 0 Å². The molecule has 24 heavy (non-hydrogen) atoms. The Morgan fingerprint density at radius 3 is 2.83 bits per heavy atom. The van der Waals surface area contributed by atoms with E-state index < -0.39 is 0 Å². The second-order valence-electron chi connectivity index (χ2n) is 7.47. The van der Waals surface area contributed by atoms with Crippen molar-refractivity contribution in [2.45, 2.75) is 70.9 Å². The number of likely N-dealkylation sites (tertiary alicyclic amines) is 1. The number of aromatic nitrogens is 4. The summed E-state index contributed by atoms with van der Waals surface area (Å²) < 4.78 is 1.79. The third-order valence-corrected chi connectivity index (χ3v) is 5.78. The molecule has 1 aromatic heterocycles. The summed E-state index contributed by atoms with van der Waals surface area (Å²) in [6.45, 7) is 5.97. The third-order valence-electron chi connectivity index (χ3n) is 5.78. The molecule has 0 unspecified atom stereocenters. The SMILES string of the molecule is CCN1CCC[C@@H]1CNC(=O)CC1(Cn2cnnn2)CCCCC1. The molecule has 2 fully saturated rings. The Morgan fingerprint density at radius 1 is 1.29 bits per heavy atom. The topological polar surface area (TPSA) is 75.9 Å². The molecule has 1 atom stereocenters. The summed E-state index contributed by atoms with van der Waals surface area (Å²) in [5, 5.41) is 14.7. The van der Waals surface area contributed by atoms with Gasteiger partial charge in [0.1, 0.15) is 6.33 Å². The van der Waals surface area contributed by atoms with E-state index >= 15 is 0 Å². The highest BCUT2D eigenvalue weighted by atomic mass is 16.1. The summed E-state index contributed by atoms with van der Waals surface area (Å²) in [6.07, 6.45) is 10.5. The second-order valence-corrected chi connectivity index (χ2v) is 7.47. The minimum Gasteiger partial charge on any atom is -0.355 e. The normalized spacial score (nSPS) is 24.1. The number of carbonyl (C=O) groups excluding carboxylic acids is 1. The Hall–Kier alpha value is -1.50. The predicted octanol–water partition coefficient (Wildman–Crippen LogP) is 1.61. The molecule has 0 bridgehead atoms. The molecule has 0 radical (unpaired) electrons. The van der Waals surface area contributed by atoms with Crippen LogP contribution in [-0.2, 0) is 11.3 Å². The molecule has 1 aromatic rings. The molecular formula is C17H30N6O. The van der Waals surface area contributed by atoms with Gasteiger partial charge in [0.15, 0.2) is 0 Å². The fourth-order valence-electron chi connectivity index (χ4n) is 4.47. The van der Waals surface area contributed by atoms with Gasteiger partial charge in [0.25, 0.3) is 0 Å². The van der Waals surface area contributed by atoms with Gasteiger partial charge < -0.3 is 5.32 Å². The molecular weight excluding hydrogens is 304 g/mol. The van der Waals surface area contributed by atoms with Crippen LogP contribution in [0.25, 0.3) is 0 Å². The lowest BCUT2D eigenvalue weighted by Crippen LogP contribution is -2.42. The van der Waals surface area contributed by atoms with E-state index in [4.69, 9.17) is 0 Å². The zero-order valence-electron chi connectivity index (χ0n) is 14.8. The molecule has 1 aliphatic heterocycles. The van der Waals surface area contributed by atoms with Crippen molar-refractivity contribution in [2.24, 2.45) is 5.41 Å². The van der Waals surface area contributed by atoms with E-state index in [9.17, 15) is 4.79 Å². The van der Waals surface area contributed by atoms with Crippen molar-refractivity contribution in [2.75, 3.05) is 19.6 Å². The molecule has 7 heteroatoms. The first-order valence-corrected chi connectivity index (χ1v) is 9.42. The molecule has 3 rings (SSSR count). The average Bonchev–Trinajstić information content (AvgIpc) is 3.24. The van der Waals surface area contributed by atoms with Crippen LogP contribution in [0.4, 0.5) is 0 Å². The minimum atomic E-state index is 0.0117. The lowest BCUT2D eigenvalue weighted by Gasteiger charge is -2.36. The Bertz CT molecular complexity index is 511. The van der Waals surface area contributed by atoms with Crippen LogP contribution >= 0.6 is 0 Å². The maximum absolute atomic E-state index is 12.6. The number of hydrogen-bond acceptors (Lipinski definition) is 5. The number of likely N-dealkylation sites (N-methyl/N-ethyl adjacent to an activating group) is 1. The maximum Gasteiger partial charge on any atom is 0.220 e. The second kappa shape index (κ2) is 8.05. The van der Waals surface area contributed by atoms with Crippen LogP contribution in [0.1, 0.15) is 58.3 Å².